The molecule has 4 atom stereocenters. The molecule has 0 aromatic carbocycles. The summed E-state index contributed by atoms with van der Waals surface area (Å²) in [7, 11) is 0. The van der Waals surface area contributed by atoms with Crippen molar-refractivity contribution >= 4 is 46.9 Å². The highest BCUT2D eigenvalue weighted by Crippen LogP contribution is 2.50. The summed E-state index contributed by atoms with van der Waals surface area (Å²) in [6.07, 6.45) is 0. The molecular weight excluding hydrogens is 387 g/mol. The van der Waals surface area contributed by atoms with Crippen LogP contribution in [-0.4, -0.2) is 61.1 Å². The molecule has 140 valence electrons. The number of rotatable bonds is 5. The fourth-order valence-corrected chi connectivity index (χ4v) is 5.61. The third kappa shape index (κ3) is 2.75. The molecule has 8 nitrogen and oxygen atoms in total. The van der Waals surface area contributed by atoms with E-state index >= 15 is 0 Å². The maximum Gasteiger partial charge on any atom is 0.327 e. The number of carbonyl (C=O) groups is 4. The second-order valence-electron chi connectivity index (χ2n) is 6.53. The zero-order valence-electron chi connectivity index (χ0n) is 13.6. The summed E-state index contributed by atoms with van der Waals surface area (Å²) in [5, 5.41) is 22.7. The van der Waals surface area contributed by atoms with Crippen LogP contribution >= 0.6 is 23.1 Å². The summed E-state index contributed by atoms with van der Waals surface area (Å²) in [6, 6.07) is -2.08. The van der Waals surface area contributed by atoms with Crippen LogP contribution in [0.15, 0.2) is 10.8 Å². The molecule has 3 rings (SSSR count). The highest BCUT2D eigenvalue weighted by atomic mass is 32.2. The third-order valence-electron chi connectivity index (χ3n) is 4.44. The van der Waals surface area contributed by atoms with Gasteiger partial charge >= 0.3 is 11.9 Å². The fourth-order valence-electron chi connectivity index (χ4n) is 3.27. The van der Waals surface area contributed by atoms with E-state index in [1.54, 1.807) is 13.8 Å². The number of carboxylic acid groups (broad SMARTS) is 2. The van der Waals surface area contributed by atoms with Crippen molar-refractivity contribution in [1.29, 1.82) is 0 Å². The Bertz CT molecular complexity index is 810. The number of thiophene rings is 1. The SMILES string of the molecule is CC1(C)S[C@@H]2[C@H](NC(=O)[C@H](C(=O)O)c3cscc3F)C(=O)N2[C@H]1C(=O)O. The first-order valence-electron chi connectivity index (χ1n) is 7.54. The Morgan fingerprint density at radius 3 is 2.46 bits per heavy atom. The molecular formula is C15H15FN2O6S2. The van der Waals surface area contributed by atoms with Crippen molar-refractivity contribution in [2.75, 3.05) is 0 Å². The van der Waals surface area contributed by atoms with E-state index in [0.29, 0.717) is 0 Å². The van der Waals surface area contributed by atoms with Crippen molar-refractivity contribution < 1.29 is 33.8 Å². The number of β-lactam (4-membered cyclic amide) rings is 1. The van der Waals surface area contributed by atoms with Crippen molar-refractivity contribution in [2.45, 2.75) is 42.0 Å². The number of nitrogens with zero attached hydrogens (tertiary/aromatic N) is 1. The van der Waals surface area contributed by atoms with Gasteiger partial charge in [-0.2, -0.15) is 0 Å². The van der Waals surface area contributed by atoms with Crippen molar-refractivity contribution in [1.82, 2.24) is 10.2 Å². The van der Waals surface area contributed by atoms with E-state index in [-0.39, 0.29) is 5.56 Å². The summed E-state index contributed by atoms with van der Waals surface area (Å²) < 4.78 is 12.9. The van der Waals surface area contributed by atoms with Gasteiger partial charge in [0.2, 0.25) is 11.8 Å². The number of hydrogen-bond acceptors (Lipinski definition) is 6. The molecule has 1 aromatic rings. The third-order valence-corrected chi connectivity index (χ3v) is 6.74. The molecule has 0 spiro atoms. The van der Waals surface area contributed by atoms with E-state index in [9.17, 15) is 33.8 Å². The molecule has 2 amide bonds. The average Bonchev–Trinajstić information content (AvgIpc) is 3.04. The van der Waals surface area contributed by atoms with Gasteiger partial charge < -0.3 is 20.4 Å². The Kier molecular flexibility index (Phi) is 4.47. The van der Waals surface area contributed by atoms with Crippen LogP contribution in [0.4, 0.5) is 4.39 Å². The molecule has 3 N–H and O–H groups in total. The van der Waals surface area contributed by atoms with Crippen LogP contribution in [-0.2, 0) is 19.2 Å². The largest absolute Gasteiger partial charge is 0.480 e. The van der Waals surface area contributed by atoms with Crippen LogP contribution in [0.3, 0.4) is 0 Å². The molecule has 3 heterocycles. The highest BCUT2D eigenvalue weighted by Gasteiger charge is 2.64. The molecule has 0 saturated carbocycles. The maximum absolute atomic E-state index is 13.7. The zero-order valence-corrected chi connectivity index (χ0v) is 15.3. The second kappa shape index (κ2) is 6.23. The van der Waals surface area contributed by atoms with Gasteiger partial charge in [-0.15, -0.1) is 23.1 Å². The molecule has 1 aromatic heterocycles. The van der Waals surface area contributed by atoms with Gasteiger partial charge in [0.25, 0.3) is 0 Å². The summed E-state index contributed by atoms with van der Waals surface area (Å²) in [4.78, 5) is 48.8. The monoisotopic (exact) mass is 402 g/mol. The lowest BCUT2D eigenvalue weighted by atomic mass is 9.95. The number of nitrogens with one attached hydrogen (secondary N) is 1. The van der Waals surface area contributed by atoms with Gasteiger partial charge in [-0.05, 0) is 19.2 Å². The van der Waals surface area contributed by atoms with Gasteiger partial charge in [0.15, 0.2) is 5.92 Å². The number of thioether (sulfide) groups is 1. The Morgan fingerprint density at radius 2 is 1.96 bits per heavy atom. The van der Waals surface area contributed by atoms with Crippen LogP contribution < -0.4 is 5.32 Å². The Hall–Kier alpha value is -2.14. The molecule has 2 aliphatic rings. The predicted molar refractivity (Wildman–Crippen MR) is 90.3 cm³/mol. The Morgan fingerprint density at radius 1 is 1.31 bits per heavy atom. The maximum atomic E-state index is 13.7. The van der Waals surface area contributed by atoms with E-state index in [2.05, 4.69) is 5.32 Å². The van der Waals surface area contributed by atoms with Crippen LogP contribution in [0.2, 0.25) is 0 Å². The average molecular weight is 402 g/mol. The van der Waals surface area contributed by atoms with Gasteiger partial charge in [-0.25, -0.2) is 9.18 Å². The molecule has 11 heteroatoms. The highest BCUT2D eigenvalue weighted by molar-refractivity contribution is 8.01. The summed E-state index contributed by atoms with van der Waals surface area (Å²) in [6.45, 7) is 3.36. The number of amides is 2. The van der Waals surface area contributed by atoms with Crippen molar-refractivity contribution in [3.63, 3.8) is 0 Å². The van der Waals surface area contributed by atoms with E-state index in [1.165, 1.54) is 22.0 Å². The normalized spacial score (nSPS) is 27.4. The quantitative estimate of drug-likeness (QED) is 0.489. The van der Waals surface area contributed by atoms with E-state index in [1.807, 2.05) is 0 Å². The molecule has 2 saturated heterocycles. The molecule has 0 unspecified atom stereocenters. The molecule has 0 bridgehead atoms. The van der Waals surface area contributed by atoms with Gasteiger partial charge in [0.05, 0.1) is 0 Å². The van der Waals surface area contributed by atoms with Crippen molar-refractivity contribution in [3.8, 4) is 0 Å². The Balaban J connectivity index is 1.79. The number of carbonyl (C=O) groups excluding carboxylic acids is 2. The Labute approximate surface area is 155 Å². The minimum Gasteiger partial charge on any atom is -0.480 e. The minimum absolute atomic E-state index is 0.272. The number of carboxylic acids is 2. The van der Waals surface area contributed by atoms with E-state index in [0.717, 1.165) is 16.7 Å². The van der Waals surface area contributed by atoms with Gasteiger partial charge in [0.1, 0.15) is 23.3 Å². The number of halogens is 1. The lowest BCUT2D eigenvalue weighted by molar-refractivity contribution is -0.161. The van der Waals surface area contributed by atoms with Gasteiger partial charge in [-0.3, -0.25) is 14.4 Å². The summed E-state index contributed by atoms with van der Waals surface area (Å²) in [5.74, 6) is -6.87. The zero-order chi connectivity index (χ0) is 19.4. The second-order valence-corrected chi connectivity index (χ2v) is 9.05. The first-order chi connectivity index (χ1) is 12.1. The molecule has 0 aliphatic carbocycles. The number of fused-ring (bicyclic) bond motifs is 1. The molecule has 2 fully saturated rings. The van der Waals surface area contributed by atoms with E-state index in [4.69, 9.17) is 0 Å². The lowest BCUT2D eigenvalue weighted by Gasteiger charge is -2.43. The van der Waals surface area contributed by atoms with Gasteiger partial charge in [-0.1, -0.05) is 0 Å². The number of aliphatic carboxylic acids is 2. The topological polar surface area (TPSA) is 124 Å². The fraction of sp³-hybridized carbons (Fsp3) is 0.467. The smallest absolute Gasteiger partial charge is 0.327 e. The standard InChI is InChI=1S/C15H15FN2O6S2/c1-15(2)9(14(23)24)18-11(20)8(12(18)26-15)17-10(19)7(13(21)22)5-3-25-4-6(5)16/h3-4,7-9,12H,1-2H3,(H,17,19)(H,21,22)(H,23,24)/t7-,8-,9+,12-/m1/s1. The van der Waals surface area contributed by atoms with Crippen LogP contribution in [0.5, 0.6) is 0 Å². The van der Waals surface area contributed by atoms with Crippen LogP contribution in [0, 0.1) is 5.82 Å². The van der Waals surface area contributed by atoms with E-state index < -0.39 is 57.7 Å². The first kappa shape index (κ1) is 18.6. The molecule has 2 aliphatic heterocycles. The first-order valence-corrected chi connectivity index (χ1v) is 9.36. The van der Waals surface area contributed by atoms with Crippen molar-refractivity contribution in [3.05, 3.63) is 22.1 Å². The minimum atomic E-state index is -1.78. The lowest BCUT2D eigenvalue weighted by Crippen LogP contribution is -2.71. The number of hydrogen-bond donors (Lipinski definition) is 3. The summed E-state index contributed by atoms with van der Waals surface area (Å²) >= 11 is 2.14. The van der Waals surface area contributed by atoms with Crippen molar-refractivity contribution in [2.24, 2.45) is 0 Å². The van der Waals surface area contributed by atoms with Crippen LogP contribution in [0.25, 0.3) is 0 Å². The predicted octanol–water partition coefficient (Wildman–Crippen LogP) is 0.687. The summed E-state index contributed by atoms with van der Waals surface area (Å²) in [5.41, 5.74) is -0.272. The van der Waals surface area contributed by atoms with Crippen LogP contribution in [0.1, 0.15) is 25.3 Å². The molecule has 26 heavy (non-hydrogen) atoms. The molecule has 0 radical (unpaired) electrons. The van der Waals surface area contributed by atoms with Gasteiger partial charge in [0, 0.05) is 15.7 Å².